The van der Waals surface area contributed by atoms with Gasteiger partial charge >= 0.3 is 0 Å². The number of hydrogen-bond donors (Lipinski definition) is 0. The first-order chi connectivity index (χ1) is 11.0. The van der Waals surface area contributed by atoms with Gasteiger partial charge in [-0.05, 0) is 53.0 Å². The molecule has 0 atom stereocenters. The molecule has 0 aliphatic rings. The maximum absolute atomic E-state index is 13.1. The minimum atomic E-state index is -0.142. The summed E-state index contributed by atoms with van der Waals surface area (Å²) >= 11 is 0. The molecule has 0 spiro atoms. The number of rotatable bonds is 2. The predicted molar refractivity (Wildman–Crippen MR) is 99.1 cm³/mol. The van der Waals surface area contributed by atoms with Crippen molar-refractivity contribution in [2.24, 2.45) is 10.8 Å². The van der Waals surface area contributed by atoms with Crippen molar-refractivity contribution in [2.45, 2.75) is 54.4 Å². The van der Waals surface area contributed by atoms with Crippen LogP contribution in [0, 0.1) is 22.5 Å². The molecular weight excluding hydrogens is 302 g/mol. The summed E-state index contributed by atoms with van der Waals surface area (Å²) in [7, 11) is 0. The van der Waals surface area contributed by atoms with Crippen molar-refractivity contribution in [3.8, 4) is 0 Å². The highest BCUT2D eigenvalue weighted by Gasteiger charge is 2.13. The molecule has 0 saturated carbocycles. The Bertz CT molecular complexity index is 631. The highest BCUT2D eigenvalue weighted by Crippen LogP contribution is 2.22. The van der Waals surface area contributed by atoms with E-state index in [1.54, 1.807) is 18.2 Å². The fourth-order valence-corrected chi connectivity index (χ4v) is 2.47. The Kier molecular flexibility index (Phi) is 7.13. The zero-order chi connectivity index (χ0) is 18.4. The first-order valence-electron chi connectivity index (χ1n) is 8.44. The van der Waals surface area contributed by atoms with E-state index < -0.39 is 0 Å². The molecule has 0 aliphatic carbocycles. The van der Waals surface area contributed by atoms with E-state index in [-0.39, 0.29) is 22.5 Å². The lowest BCUT2D eigenvalue weighted by molar-refractivity contribution is 0.402. The molecule has 0 aliphatic heterocycles. The van der Waals surface area contributed by atoms with E-state index in [4.69, 9.17) is 0 Å². The molecule has 0 saturated heterocycles. The molecule has 2 aromatic rings. The molecule has 0 amide bonds. The van der Waals surface area contributed by atoms with Crippen molar-refractivity contribution in [2.75, 3.05) is 0 Å². The van der Waals surface area contributed by atoms with Crippen LogP contribution in [-0.4, -0.2) is 0 Å². The largest absolute Gasteiger partial charge is 0.207 e. The van der Waals surface area contributed by atoms with Gasteiger partial charge in [0.1, 0.15) is 11.6 Å². The van der Waals surface area contributed by atoms with Gasteiger partial charge in [-0.15, -0.1) is 0 Å². The second kappa shape index (κ2) is 8.41. The molecule has 2 rings (SSSR count). The minimum absolute atomic E-state index is 0.0903. The Hall–Kier alpha value is -1.70. The minimum Gasteiger partial charge on any atom is -0.207 e. The Morgan fingerprint density at radius 3 is 1.79 bits per heavy atom. The molecule has 0 bridgehead atoms. The molecule has 2 aromatic carbocycles. The normalized spacial score (nSPS) is 11.7. The van der Waals surface area contributed by atoms with E-state index >= 15 is 0 Å². The van der Waals surface area contributed by atoms with Gasteiger partial charge in [-0.2, -0.15) is 0 Å². The van der Waals surface area contributed by atoms with E-state index in [9.17, 15) is 8.78 Å². The van der Waals surface area contributed by atoms with Crippen LogP contribution in [0.2, 0.25) is 0 Å². The predicted octanol–water partition coefficient (Wildman–Crippen LogP) is 6.83. The second-order valence-electron chi connectivity index (χ2n) is 8.70. The van der Waals surface area contributed by atoms with E-state index in [0.717, 1.165) is 24.0 Å². The van der Waals surface area contributed by atoms with Gasteiger partial charge in [0.15, 0.2) is 0 Å². The van der Waals surface area contributed by atoms with E-state index in [1.807, 2.05) is 18.2 Å². The van der Waals surface area contributed by atoms with Gasteiger partial charge in [-0.1, -0.05) is 71.9 Å². The van der Waals surface area contributed by atoms with Crippen molar-refractivity contribution in [1.82, 2.24) is 0 Å². The molecular formula is C22H30F2. The summed E-state index contributed by atoms with van der Waals surface area (Å²) in [5.74, 6) is -0.232. The fourth-order valence-electron chi connectivity index (χ4n) is 2.47. The zero-order valence-corrected chi connectivity index (χ0v) is 15.8. The van der Waals surface area contributed by atoms with Crippen LogP contribution < -0.4 is 0 Å². The van der Waals surface area contributed by atoms with Crippen LogP contribution in [0.15, 0.2) is 48.5 Å². The van der Waals surface area contributed by atoms with Crippen molar-refractivity contribution in [3.63, 3.8) is 0 Å². The summed E-state index contributed by atoms with van der Waals surface area (Å²) in [6.45, 7) is 12.8. The topological polar surface area (TPSA) is 0 Å². The third-order valence-electron chi connectivity index (χ3n) is 3.30. The van der Waals surface area contributed by atoms with Crippen molar-refractivity contribution in [1.29, 1.82) is 0 Å². The molecule has 0 radical (unpaired) electrons. The maximum Gasteiger partial charge on any atom is 0.126 e. The van der Waals surface area contributed by atoms with E-state index in [0.29, 0.717) is 0 Å². The molecule has 0 unspecified atom stereocenters. The Labute approximate surface area is 145 Å². The van der Waals surface area contributed by atoms with Gasteiger partial charge < -0.3 is 0 Å². The summed E-state index contributed by atoms with van der Waals surface area (Å²) < 4.78 is 25.9. The van der Waals surface area contributed by atoms with Crippen LogP contribution in [0.25, 0.3) is 0 Å². The average Bonchev–Trinajstić information content (AvgIpc) is 2.39. The molecule has 0 fully saturated rings. The average molecular weight is 332 g/mol. The van der Waals surface area contributed by atoms with Crippen LogP contribution in [0.3, 0.4) is 0 Å². The summed E-state index contributed by atoms with van der Waals surface area (Å²) in [6, 6.07) is 13.8. The Balaban J connectivity index is 0.000000240. The van der Waals surface area contributed by atoms with Gasteiger partial charge in [0.2, 0.25) is 0 Å². The van der Waals surface area contributed by atoms with Crippen molar-refractivity contribution >= 4 is 0 Å². The highest BCUT2D eigenvalue weighted by molar-refractivity contribution is 5.18. The first-order valence-corrected chi connectivity index (χ1v) is 8.44. The number of halogens is 2. The van der Waals surface area contributed by atoms with Gasteiger partial charge in [0.25, 0.3) is 0 Å². The number of hydrogen-bond acceptors (Lipinski definition) is 0. The smallest absolute Gasteiger partial charge is 0.126 e. The van der Waals surface area contributed by atoms with Crippen molar-refractivity contribution in [3.05, 3.63) is 71.3 Å². The lowest BCUT2D eigenvalue weighted by Gasteiger charge is -2.18. The lowest BCUT2D eigenvalue weighted by Crippen LogP contribution is -2.10. The van der Waals surface area contributed by atoms with E-state index in [2.05, 4.69) is 41.5 Å². The lowest BCUT2D eigenvalue weighted by atomic mass is 9.88. The van der Waals surface area contributed by atoms with Crippen LogP contribution in [0.5, 0.6) is 0 Å². The fraction of sp³-hybridized carbons (Fsp3) is 0.455. The Morgan fingerprint density at radius 2 is 1.29 bits per heavy atom. The third kappa shape index (κ3) is 8.81. The molecule has 2 heteroatoms. The van der Waals surface area contributed by atoms with Crippen LogP contribution in [-0.2, 0) is 12.8 Å². The maximum atomic E-state index is 13.1. The highest BCUT2D eigenvalue weighted by atomic mass is 19.1. The van der Waals surface area contributed by atoms with E-state index in [1.165, 1.54) is 12.1 Å². The standard InChI is InChI=1S/2C11H15F/c1-11(2,3)8-9-5-4-6-10(12)7-9;1-11(2,3)8-9-6-4-5-7-10(9)12/h2*4-7H,8H2,1-3H3. The molecule has 24 heavy (non-hydrogen) atoms. The molecule has 132 valence electrons. The second-order valence-corrected chi connectivity index (χ2v) is 8.70. The van der Waals surface area contributed by atoms with Gasteiger partial charge in [0, 0.05) is 0 Å². The zero-order valence-electron chi connectivity index (χ0n) is 15.8. The van der Waals surface area contributed by atoms with Gasteiger partial charge in [-0.3, -0.25) is 0 Å². The molecule has 0 nitrogen and oxygen atoms in total. The summed E-state index contributed by atoms with van der Waals surface area (Å²) in [4.78, 5) is 0. The summed E-state index contributed by atoms with van der Waals surface area (Å²) in [5.41, 5.74) is 2.27. The number of benzene rings is 2. The van der Waals surface area contributed by atoms with Crippen LogP contribution >= 0.6 is 0 Å². The SMILES string of the molecule is CC(C)(C)Cc1cccc(F)c1.CC(C)(C)Cc1ccccc1F. The van der Waals surface area contributed by atoms with Crippen molar-refractivity contribution < 1.29 is 8.78 Å². The van der Waals surface area contributed by atoms with Crippen LogP contribution in [0.4, 0.5) is 8.78 Å². The monoisotopic (exact) mass is 332 g/mol. The quantitative estimate of drug-likeness (QED) is 0.565. The van der Waals surface area contributed by atoms with Crippen LogP contribution in [0.1, 0.15) is 52.7 Å². The molecule has 0 heterocycles. The Morgan fingerprint density at radius 1 is 0.708 bits per heavy atom. The van der Waals surface area contributed by atoms with Gasteiger partial charge in [0.05, 0.1) is 0 Å². The molecule has 0 aromatic heterocycles. The summed E-state index contributed by atoms with van der Waals surface area (Å²) in [5, 5.41) is 0. The van der Waals surface area contributed by atoms with Gasteiger partial charge in [-0.25, -0.2) is 8.78 Å². The first kappa shape index (κ1) is 20.3. The molecule has 0 N–H and O–H groups in total. The third-order valence-corrected chi connectivity index (χ3v) is 3.30. The summed E-state index contributed by atoms with van der Waals surface area (Å²) in [6.07, 6.45) is 1.71.